The van der Waals surface area contributed by atoms with Gasteiger partial charge in [0.25, 0.3) is 0 Å². The summed E-state index contributed by atoms with van der Waals surface area (Å²) in [4.78, 5) is 53.5. The Balaban J connectivity index is 1.63. The van der Waals surface area contributed by atoms with Crippen LogP contribution in [0.15, 0.2) is 54.7 Å². The van der Waals surface area contributed by atoms with Crippen molar-refractivity contribution < 1.29 is 34.5 Å². The van der Waals surface area contributed by atoms with Crippen molar-refractivity contribution in [1.82, 2.24) is 20.9 Å². The Labute approximate surface area is 235 Å². The number of aromatic hydroxyl groups is 1. The Morgan fingerprint density at radius 1 is 0.925 bits per heavy atom. The number of phenolic OH excluding ortho intramolecular Hbond substituents is 1. The molecule has 0 aliphatic rings. The van der Waals surface area contributed by atoms with Crippen LogP contribution in [0.3, 0.4) is 0 Å². The molecule has 5 unspecified atom stereocenters. The van der Waals surface area contributed by atoms with Crippen LogP contribution >= 0.6 is 12.6 Å². The second-order valence-corrected chi connectivity index (χ2v) is 9.78. The lowest BCUT2D eigenvalue weighted by molar-refractivity contribution is -0.143. The monoisotopic (exact) mass is 571 g/mol. The molecule has 3 amide bonds. The molecule has 0 bridgehead atoms. The summed E-state index contributed by atoms with van der Waals surface area (Å²) in [6.45, 7) is 1.27. The van der Waals surface area contributed by atoms with Crippen LogP contribution in [-0.4, -0.2) is 80.0 Å². The topological polar surface area (TPSA) is 207 Å². The number of para-hydroxylation sites is 1. The maximum absolute atomic E-state index is 13.0. The van der Waals surface area contributed by atoms with Gasteiger partial charge in [-0.1, -0.05) is 30.3 Å². The lowest BCUT2D eigenvalue weighted by Gasteiger charge is -2.26. The predicted molar refractivity (Wildman–Crippen MR) is 151 cm³/mol. The Morgan fingerprint density at radius 3 is 2.20 bits per heavy atom. The summed E-state index contributed by atoms with van der Waals surface area (Å²) in [5, 5.41) is 37.4. The molecule has 2 aromatic carbocycles. The molecule has 0 spiro atoms. The number of nitrogens with two attached hydrogens (primary N) is 1. The van der Waals surface area contributed by atoms with Crippen LogP contribution in [0.1, 0.15) is 18.1 Å². The number of carboxylic acids is 1. The second-order valence-electron chi connectivity index (χ2n) is 9.41. The van der Waals surface area contributed by atoms with Gasteiger partial charge in [0.2, 0.25) is 17.7 Å². The fraction of sp³-hybridized carbons (Fsp3) is 0.333. The zero-order chi connectivity index (χ0) is 29.4. The third-order valence-electron chi connectivity index (χ3n) is 6.32. The Bertz CT molecular complexity index is 1340. The molecule has 3 aromatic rings. The maximum atomic E-state index is 13.0. The summed E-state index contributed by atoms with van der Waals surface area (Å²) >= 11 is 4.11. The van der Waals surface area contributed by atoms with E-state index in [1.165, 1.54) is 19.1 Å². The van der Waals surface area contributed by atoms with Crippen molar-refractivity contribution in [3.63, 3.8) is 0 Å². The summed E-state index contributed by atoms with van der Waals surface area (Å²) in [5.74, 6) is -3.75. The molecule has 5 atom stereocenters. The first-order valence-electron chi connectivity index (χ1n) is 12.5. The molecule has 1 heterocycles. The third-order valence-corrected chi connectivity index (χ3v) is 6.69. The summed E-state index contributed by atoms with van der Waals surface area (Å²) < 4.78 is 0. The number of nitrogens with one attached hydrogen (secondary N) is 4. The fourth-order valence-electron chi connectivity index (χ4n) is 4.09. The smallest absolute Gasteiger partial charge is 0.326 e. The number of carboxylic acid groups (broad SMARTS) is 1. The molecule has 0 saturated heterocycles. The van der Waals surface area contributed by atoms with Gasteiger partial charge in [-0.3, -0.25) is 14.4 Å². The minimum Gasteiger partial charge on any atom is -0.508 e. The molecule has 3 rings (SSSR count). The van der Waals surface area contributed by atoms with Gasteiger partial charge in [-0.15, -0.1) is 0 Å². The van der Waals surface area contributed by atoms with Gasteiger partial charge in [-0.05, 0) is 42.7 Å². The lowest BCUT2D eigenvalue weighted by atomic mass is 10.0. The number of hydrogen-bond acceptors (Lipinski definition) is 8. The average molecular weight is 572 g/mol. The summed E-state index contributed by atoms with van der Waals surface area (Å²) in [6.07, 6.45) is 0.366. The molecule has 13 heteroatoms. The fourth-order valence-corrected chi connectivity index (χ4v) is 4.35. The van der Waals surface area contributed by atoms with Gasteiger partial charge in [0.05, 0.1) is 12.1 Å². The Hall–Kier alpha value is -4.07. The lowest BCUT2D eigenvalue weighted by Crippen LogP contribution is -2.60. The van der Waals surface area contributed by atoms with Crippen LogP contribution in [0.5, 0.6) is 5.75 Å². The molecule has 40 heavy (non-hydrogen) atoms. The molecule has 214 valence electrons. The number of aromatic nitrogens is 1. The standard InChI is InChI=1S/C27H33N5O7S/c1-14(33)23(26(37)30-21(27(38)39)11-16-12-29-20-5-3-2-4-18(16)20)32-25(36)22(13-40)31-24(35)19(28)10-15-6-8-17(34)9-7-15/h2-9,12,14,19,21-23,29,33-34,40H,10-11,13,28H2,1H3,(H,30,37)(H,31,35)(H,32,36)(H,38,39). The molecular formula is C27H33N5O7S. The van der Waals surface area contributed by atoms with Gasteiger partial charge in [-0.25, -0.2) is 4.79 Å². The number of amides is 3. The number of hydrogen-bond donors (Lipinski definition) is 9. The summed E-state index contributed by atoms with van der Waals surface area (Å²) in [6, 6.07) is 8.37. The van der Waals surface area contributed by atoms with Crippen molar-refractivity contribution in [2.24, 2.45) is 5.73 Å². The molecule has 9 N–H and O–H groups in total. The van der Waals surface area contributed by atoms with Gasteiger partial charge in [0.15, 0.2) is 0 Å². The van der Waals surface area contributed by atoms with Crippen molar-refractivity contribution >= 4 is 47.2 Å². The van der Waals surface area contributed by atoms with E-state index < -0.39 is 54.0 Å². The van der Waals surface area contributed by atoms with Crippen LogP contribution < -0.4 is 21.7 Å². The highest BCUT2D eigenvalue weighted by molar-refractivity contribution is 7.80. The summed E-state index contributed by atoms with van der Waals surface area (Å²) in [7, 11) is 0. The maximum Gasteiger partial charge on any atom is 0.326 e. The molecule has 0 aliphatic carbocycles. The normalized spacial score (nSPS) is 14.9. The minimum absolute atomic E-state index is 0.0419. The number of carbonyl (C=O) groups excluding carboxylic acids is 3. The zero-order valence-electron chi connectivity index (χ0n) is 21.7. The SMILES string of the molecule is CC(O)C(NC(=O)C(CS)NC(=O)C(N)Cc1ccc(O)cc1)C(=O)NC(Cc1c[nH]c2ccccc12)C(=O)O. The highest BCUT2D eigenvalue weighted by Crippen LogP contribution is 2.19. The molecular weight excluding hydrogens is 538 g/mol. The highest BCUT2D eigenvalue weighted by Gasteiger charge is 2.32. The number of rotatable bonds is 13. The van der Waals surface area contributed by atoms with E-state index in [4.69, 9.17) is 5.73 Å². The zero-order valence-corrected chi connectivity index (χ0v) is 22.6. The largest absolute Gasteiger partial charge is 0.508 e. The molecule has 12 nitrogen and oxygen atoms in total. The van der Waals surface area contributed by atoms with Gasteiger partial charge in [0.1, 0.15) is 23.9 Å². The number of aliphatic hydroxyl groups excluding tert-OH is 1. The first-order valence-corrected chi connectivity index (χ1v) is 13.1. The van der Waals surface area contributed by atoms with Crippen LogP contribution in [0.25, 0.3) is 10.9 Å². The third kappa shape index (κ3) is 7.97. The van der Waals surface area contributed by atoms with E-state index in [0.29, 0.717) is 11.1 Å². The van der Waals surface area contributed by atoms with E-state index >= 15 is 0 Å². The Morgan fingerprint density at radius 2 is 1.57 bits per heavy atom. The van der Waals surface area contributed by atoms with Gasteiger partial charge in [-0.2, -0.15) is 12.6 Å². The van der Waals surface area contributed by atoms with E-state index in [1.807, 2.05) is 24.3 Å². The summed E-state index contributed by atoms with van der Waals surface area (Å²) in [5.41, 5.74) is 8.14. The number of fused-ring (bicyclic) bond motifs is 1. The molecule has 0 aliphatic heterocycles. The number of benzene rings is 2. The van der Waals surface area contributed by atoms with Gasteiger partial charge < -0.3 is 42.0 Å². The number of aromatic amines is 1. The second kappa shape index (κ2) is 13.8. The minimum atomic E-state index is -1.51. The highest BCUT2D eigenvalue weighted by atomic mass is 32.1. The molecule has 0 saturated carbocycles. The molecule has 0 radical (unpaired) electrons. The number of H-pyrrole nitrogens is 1. The van der Waals surface area contributed by atoms with E-state index in [-0.39, 0.29) is 24.3 Å². The average Bonchev–Trinajstić information content (AvgIpc) is 3.33. The van der Waals surface area contributed by atoms with Crippen molar-refractivity contribution in [2.75, 3.05) is 5.75 Å². The number of aliphatic carboxylic acids is 1. The van der Waals surface area contributed by atoms with Crippen molar-refractivity contribution in [1.29, 1.82) is 0 Å². The Kier molecular flexibility index (Phi) is 10.5. The first kappa shape index (κ1) is 30.5. The predicted octanol–water partition coefficient (Wildman–Crippen LogP) is -0.164. The van der Waals surface area contributed by atoms with Crippen LogP contribution in [-0.2, 0) is 32.0 Å². The van der Waals surface area contributed by atoms with E-state index in [0.717, 1.165) is 10.9 Å². The van der Waals surface area contributed by atoms with E-state index in [1.54, 1.807) is 18.3 Å². The first-order chi connectivity index (χ1) is 19.0. The van der Waals surface area contributed by atoms with Gasteiger partial charge >= 0.3 is 5.97 Å². The number of thiol groups is 1. The number of carbonyl (C=O) groups is 4. The number of aliphatic hydroxyl groups is 1. The van der Waals surface area contributed by atoms with Crippen LogP contribution in [0, 0.1) is 0 Å². The van der Waals surface area contributed by atoms with E-state index in [2.05, 4.69) is 33.6 Å². The number of phenols is 1. The molecule has 0 fully saturated rings. The molecule has 1 aromatic heterocycles. The van der Waals surface area contributed by atoms with Gasteiger partial charge in [0, 0.05) is 29.3 Å². The van der Waals surface area contributed by atoms with Crippen molar-refractivity contribution in [3.05, 3.63) is 65.9 Å². The van der Waals surface area contributed by atoms with Crippen LogP contribution in [0.4, 0.5) is 0 Å². The van der Waals surface area contributed by atoms with Crippen molar-refractivity contribution in [2.45, 2.75) is 50.0 Å². The quantitative estimate of drug-likeness (QED) is 0.126. The van der Waals surface area contributed by atoms with E-state index in [9.17, 15) is 34.5 Å². The van der Waals surface area contributed by atoms with Crippen molar-refractivity contribution in [3.8, 4) is 5.75 Å². The van der Waals surface area contributed by atoms with Crippen LogP contribution in [0.2, 0.25) is 0 Å².